The summed E-state index contributed by atoms with van der Waals surface area (Å²) in [5.74, 6) is -1.51. The fourth-order valence-electron chi connectivity index (χ4n) is 4.51. The van der Waals surface area contributed by atoms with Crippen molar-refractivity contribution in [1.82, 2.24) is 26.4 Å². The number of hydrazine groups is 1. The zero-order chi connectivity index (χ0) is 32.8. The van der Waals surface area contributed by atoms with Gasteiger partial charge in [-0.3, -0.25) is 15.0 Å². The lowest BCUT2D eigenvalue weighted by atomic mass is 9.98. The van der Waals surface area contributed by atoms with Gasteiger partial charge in [0.1, 0.15) is 12.1 Å². The number of methoxy groups -OCH3 is 2. The molecule has 242 valence electrons. The Bertz CT molecular complexity index is 1210. The van der Waals surface area contributed by atoms with E-state index in [1.165, 1.54) is 14.2 Å². The van der Waals surface area contributed by atoms with Crippen molar-refractivity contribution in [1.29, 1.82) is 0 Å². The smallest absolute Gasteiger partial charge is 0.407 e. The Morgan fingerprint density at radius 1 is 0.750 bits per heavy atom. The zero-order valence-electron chi connectivity index (χ0n) is 26.6. The second-order valence-electron chi connectivity index (χ2n) is 11.4. The highest BCUT2D eigenvalue weighted by Crippen LogP contribution is 2.13. The topological polar surface area (TPSA) is 158 Å². The number of amides is 4. The Labute approximate surface area is 259 Å². The third kappa shape index (κ3) is 11.8. The van der Waals surface area contributed by atoms with Crippen molar-refractivity contribution in [2.75, 3.05) is 20.8 Å². The molecule has 0 aliphatic heterocycles. The summed E-state index contributed by atoms with van der Waals surface area (Å²) in [6.45, 7) is 9.28. The van der Waals surface area contributed by atoms with Crippen LogP contribution in [0, 0.1) is 18.8 Å². The predicted molar refractivity (Wildman–Crippen MR) is 166 cm³/mol. The Kier molecular flexibility index (Phi) is 14.6. The van der Waals surface area contributed by atoms with Crippen LogP contribution in [-0.2, 0) is 32.0 Å². The Morgan fingerprint density at radius 2 is 1.27 bits per heavy atom. The number of hydrogen-bond donors (Lipinski definition) is 5. The largest absolute Gasteiger partial charge is 0.453 e. The van der Waals surface area contributed by atoms with Crippen molar-refractivity contribution < 1.29 is 33.8 Å². The van der Waals surface area contributed by atoms with E-state index in [0.29, 0.717) is 0 Å². The van der Waals surface area contributed by atoms with E-state index in [1.807, 2.05) is 61.5 Å². The third-order valence-corrected chi connectivity index (χ3v) is 7.08. The summed E-state index contributed by atoms with van der Waals surface area (Å²) in [5.41, 5.74) is 5.66. The first-order valence-corrected chi connectivity index (χ1v) is 14.7. The minimum Gasteiger partial charge on any atom is -0.453 e. The maximum atomic E-state index is 13.4. The van der Waals surface area contributed by atoms with Gasteiger partial charge in [0.25, 0.3) is 5.91 Å². The maximum absolute atomic E-state index is 13.4. The Morgan fingerprint density at radius 3 is 1.77 bits per heavy atom. The fourth-order valence-corrected chi connectivity index (χ4v) is 4.51. The van der Waals surface area contributed by atoms with Gasteiger partial charge in [-0.15, -0.1) is 0 Å². The number of carbonyl (C=O) groups excluding carboxylic acids is 4. The minimum absolute atomic E-state index is 0.0722. The first-order valence-electron chi connectivity index (χ1n) is 14.7. The van der Waals surface area contributed by atoms with Gasteiger partial charge in [0.2, 0.25) is 5.91 Å². The number of ether oxygens (including phenoxy) is 2. The predicted octanol–water partition coefficient (Wildman–Crippen LogP) is 2.68. The molecule has 0 spiro atoms. The van der Waals surface area contributed by atoms with E-state index in [0.717, 1.165) is 16.7 Å². The van der Waals surface area contributed by atoms with Crippen LogP contribution in [0.3, 0.4) is 0 Å². The Hall–Kier alpha value is -4.16. The van der Waals surface area contributed by atoms with E-state index in [2.05, 4.69) is 26.1 Å². The zero-order valence-corrected chi connectivity index (χ0v) is 26.6. The van der Waals surface area contributed by atoms with Gasteiger partial charge in [-0.2, -0.15) is 0 Å². The van der Waals surface area contributed by atoms with Crippen molar-refractivity contribution in [2.24, 2.45) is 11.8 Å². The molecule has 5 N–H and O–H groups in total. The molecule has 1 unspecified atom stereocenters. The molecule has 0 saturated heterocycles. The van der Waals surface area contributed by atoms with Gasteiger partial charge in [-0.25, -0.2) is 14.6 Å². The van der Waals surface area contributed by atoms with Crippen LogP contribution in [0.4, 0.5) is 9.59 Å². The number of aryl methyl sites for hydroxylation is 1. The van der Waals surface area contributed by atoms with E-state index >= 15 is 0 Å². The number of carbonyl (C=O) groups is 4. The van der Waals surface area contributed by atoms with Crippen molar-refractivity contribution in [3.63, 3.8) is 0 Å². The van der Waals surface area contributed by atoms with Gasteiger partial charge in [-0.05, 0) is 36.3 Å². The molecule has 0 aliphatic rings. The average Bonchev–Trinajstić information content (AvgIpc) is 2.98. The molecule has 4 amide bonds. The van der Waals surface area contributed by atoms with E-state index in [1.54, 1.807) is 32.7 Å². The summed E-state index contributed by atoms with van der Waals surface area (Å²) < 4.78 is 9.38. The summed E-state index contributed by atoms with van der Waals surface area (Å²) in [7, 11) is 2.43. The number of alkyl carbamates (subject to hydrolysis) is 2. The molecule has 0 aromatic heterocycles. The van der Waals surface area contributed by atoms with Crippen LogP contribution in [0.1, 0.15) is 44.4 Å². The molecular weight excluding hydrogens is 566 g/mol. The molecule has 0 bridgehead atoms. The number of hydrogen-bond acceptors (Lipinski definition) is 8. The van der Waals surface area contributed by atoms with Gasteiger partial charge >= 0.3 is 12.2 Å². The summed E-state index contributed by atoms with van der Waals surface area (Å²) in [6, 6.07) is 14.5. The highest BCUT2D eigenvalue weighted by Gasteiger charge is 2.32. The highest BCUT2D eigenvalue weighted by molar-refractivity contribution is 5.86. The van der Waals surface area contributed by atoms with E-state index in [-0.39, 0.29) is 31.3 Å². The lowest BCUT2D eigenvalue weighted by molar-refractivity contribution is -0.131. The molecule has 0 heterocycles. The molecule has 12 nitrogen and oxygen atoms in total. The maximum Gasteiger partial charge on any atom is 0.407 e. The van der Waals surface area contributed by atoms with E-state index in [4.69, 9.17) is 4.74 Å². The second-order valence-corrected chi connectivity index (χ2v) is 11.4. The van der Waals surface area contributed by atoms with Gasteiger partial charge in [-0.1, -0.05) is 87.9 Å². The van der Waals surface area contributed by atoms with Crippen molar-refractivity contribution in [2.45, 2.75) is 71.8 Å². The van der Waals surface area contributed by atoms with Crippen molar-refractivity contribution >= 4 is 24.0 Å². The molecule has 4 atom stereocenters. The molecule has 2 aromatic carbocycles. The first-order chi connectivity index (χ1) is 20.8. The summed E-state index contributed by atoms with van der Waals surface area (Å²) >= 11 is 0. The molecular formula is C32H47N5O7. The number of nitrogens with one attached hydrogen (secondary N) is 4. The molecule has 2 aromatic rings. The highest BCUT2D eigenvalue weighted by atomic mass is 16.5. The van der Waals surface area contributed by atoms with E-state index < -0.39 is 48.2 Å². The molecule has 44 heavy (non-hydrogen) atoms. The standard InChI is InChI=1S/C32H47N5O7/c1-20(2)27(34-31(41)43-6)29(39)33-25(17-23-11-9-8-10-12-23)26(38)19-37(18-24-15-13-22(5)14-16-24)36-30(40)28(21(3)4)35-32(42)44-7/h8-16,20-21,25-28,38H,17-19H2,1-7H3,(H,33,39)(H,34,41)(H,35,42)(H,36,40)/t25-,26?,27-,28-/m0/s1. The van der Waals surface area contributed by atoms with Crippen molar-refractivity contribution in [3.05, 3.63) is 71.3 Å². The van der Waals surface area contributed by atoms with Gasteiger partial charge < -0.3 is 30.5 Å². The number of aliphatic hydroxyl groups excluding tert-OH is 1. The SMILES string of the molecule is COC(=O)N[C@H](C(=O)N[C@@H](Cc1ccccc1)C(O)CN(Cc1ccc(C)cc1)NC(=O)[C@@H](NC(=O)OC)C(C)C)C(C)C. The second kappa shape index (κ2) is 17.8. The van der Waals surface area contributed by atoms with Crippen molar-refractivity contribution in [3.8, 4) is 0 Å². The molecule has 12 heteroatoms. The molecule has 0 radical (unpaired) electrons. The average molecular weight is 614 g/mol. The lowest BCUT2D eigenvalue weighted by Crippen LogP contribution is -2.59. The fraction of sp³-hybridized carbons (Fsp3) is 0.500. The third-order valence-electron chi connectivity index (χ3n) is 7.08. The molecule has 0 aliphatic carbocycles. The van der Waals surface area contributed by atoms with E-state index in [9.17, 15) is 24.3 Å². The summed E-state index contributed by atoms with van der Waals surface area (Å²) in [5, 5.41) is 21.2. The Balaban J connectivity index is 2.37. The molecule has 0 fully saturated rings. The number of rotatable bonds is 15. The number of aliphatic hydroxyl groups is 1. The van der Waals surface area contributed by atoms with Crippen LogP contribution in [0.15, 0.2) is 54.6 Å². The number of nitrogens with zero attached hydrogens (tertiary/aromatic N) is 1. The normalized spacial score (nSPS) is 13.9. The quantitative estimate of drug-likeness (QED) is 0.192. The summed E-state index contributed by atoms with van der Waals surface area (Å²) in [6.07, 6.45) is -2.37. The lowest BCUT2D eigenvalue weighted by Gasteiger charge is -2.33. The molecule has 2 rings (SSSR count). The minimum atomic E-state index is -1.16. The van der Waals surface area contributed by atoms with Crippen LogP contribution in [0.25, 0.3) is 0 Å². The van der Waals surface area contributed by atoms with Gasteiger partial charge in [0, 0.05) is 13.1 Å². The monoisotopic (exact) mass is 613 g/mol. The van der Waals surface area contributed by atoms with Crippen LogP contribution < -0.4 is 21.4 Å². The van der Waals surface area contributed by atoms with Crippen LogP contribution in [0.2, 0.25) is 0 Å². The van der Waals surface area contributed by atoms with Gasteiger partial charge in [0.05, 0.1) is 26.4 Å². The van der Waals surface area contributed by atoms with Gasteiger partial charge in [0.15, 0.2) is 0 Å². The first kappa shape index (κ1) is 36.0. The van der Waals surface area contributed by atoms with Crippen LogP contribution >= 0.6 is 0 Å². The number of benzene rings is 2. The van der Waals surface area contributed by atoms with Crippen LogP contribution in [0.5, 0.6) is 0 Å². The molecule has 0 saturated carbocycles. The van der Waals surface area contributed by atoms with Crippen LogP contribution in [-0.4, -0.2) is 79.1 Å². The summed E-state index contributed by atoms with van der Waals surface area (Å²) in [4.78, 5) is 50.6.